The molecule has 0 atom stereocenters. The summed E-state index contributed by atoms with van der Waals surface area (Å²) in [5.74, 6) is -0.664. The van der Waals surface area contributed by atoms with Crippen molar-refractivity contribution in [2.24, 2.45) is 0 Å². The number of rotatable bonds is 2. The van der Waals surface area contributed by atoms with Crippen LogP contribution in [0, 0.1) is 6.07 Å². The minimum Gasteiger partial charge on any atom is -0.664 e. The Balaban J connectivity index is 0.00000128. The molecule has 2 aromatic rings. The molecule has 1 radical (unpaired) electrons. The van der Waals surface area contributed by atoms with Crippen molar-refractivity contribution in [3.63, 3.8) is 0 Å². The number of nitrogens with one attached hydrogen (secondary N) is 1. The van der Waals surface area contributed by atoms with E-state index < -0.39 is 5.91 Å². The molecule has 2 aromatic carbocycles. The average Bonchev–Trinajstić information content (AvgIpc) is 2.30. The second-order valence-electron chi connectivity index (χ2n) is 3.15. The molecule has 0 spiro atoms. The third-order valence-corrected chi connectivity index (χ3v) is 2.17. The molecule has 1 amide bonds. The molecular weight excluding hydrogens is 250 g/mol. The smallest absolute Gasteiger partial charge is 0.664 e. The van der Waals surface area contributed by atoms with Gasteiger partial charge in [0.25, 0.3) is 0 Å². The fourth-order valence-corrected chi connectivity index (χ4v) is 1.48. The molecule has 2 nitrogen and oxygen atoms in total. The summed E-state index contributed by atoms with van der Waals surface area (Å²) < 4.78 is 0. The van der Waals surface area contributed by atoms with Crippen LogP contribution in [0.3, 0.4) is 0 Å². The number of benzene rings is 2. The van der Waals surface area contributed by atoms with Crippen molar-refractivity contribution in [2.45, 2.75) is 0 Å². The third kappa shape index (κ3) is 2.51. The molecule has 83 valence electrons. The van der Waals surface area contributed by atoms with E-state index in [1.54, 1.807) is 18.2 Å². The van der Waals surface area contributed by atoms with E-state index in [9.17, 15) is 4.79 Å². The summed E-state index contributed by atoms with van der Waals surface area (Å²) in [5, 5.41) is 0. The predicted octanol–water partition coefficient (Wildman–Crippen LogP) is 3.34. The standard InChI is InChI=1S/C13H10NO.Cu/c14-13(15)12-9-5-4-8-11(12)10-6-2-1-3-7-10;/h1-6,8-9H,(H2,14,15);/q-1;+2/p-1. The molecular formula is C13H9CuNO. The van der Waals surface area contributed by atoms with Gasteiger partial charge in [0.15, 0.2) is 0 Å². The first-order valence-electron chi connectivity index (χ1n) is 4.61. The zero-order valence-corrected chi connectivity index (χ0v) is 9.27. The summed E-state index contributed by atoms with van der Waals surface area (Å²) in [6, 6.07) is 17.6. The van der Waals surface area contributed by atoms with Gasteiger partial charge in [0.05, 0.1) is 5.91 Å². The number of hydrogen-bond donors (Lipinski definition) is 0. The molecule has 2 rings (SSSR count). The van der Waals surface area contributed by atoms with E-state index in [1.165, 1.54) is 0 Å². The quantitative estimate of drug-likeness (QED) is 0.602. The molecule has 0 aliphatic carbocycles. The van der Waals surface area contributed by atoms with E-state index in [4.69, 9.17) is 5.73 Å². The first-order valence-corrected chi connectivity index (χ1v) is 4.61. The van der Waals surface area contributed by atoms with Crippen LogP contribution in [-0.2, 0) is 17.1 Å². The van der Waals surface area contributed by atoms with E-state index in [0.717, 1.165) is 11.1 Å². The molecule has 0 aromatic heterocycles. The summed E-state index contributed by atoms with van der Waals surface area (Å²) in [6.45, 7) is 0. The Morgan fingerprint density at radius 3 is 2.38 bits per heavy atom. The molecule has 0 saturated heterocycles. The second kappa shape index (κ2) is 5.50. The largest absolute Gasteiger partial charge is 2.00 e. The van der Waals surface area contributed by atoms with Gasteiger partial charge >= 0.3 is 17.1 Å². The molecule has 0 heterocycles. The second-order valence-corrected chi connectivity index (χ2v) is 3.15. The molecule has 0 aliphatic heterocycles. The van der Waals surface area contributed by atoms with Gasteiger partial charge in [0.1, 0.15) is 0 Å². The number of hydrogen-bond acceptors (Lipinski definition) is 1. The minimum absolute atomic E-state index is 0. The maximum Gasteiger partial charge on any atom is 2.00 e. The number of amides is 1. The van der Waals surface area contributed by atoms with Crippen LogP contribution >= 0.6 is 0 Å². The molecule has 0 bridgehead atoms. The monoisotopic (exact) mass is 258 g/mol. The van der Waals surface area contributed by atoms with Crippen molar-refractivity contribution >= 4 is 5.91 Å². The van der Waals surface area contributed by atoms with E-state index in [1.807, 2.05) is 30.3 Å². The third-order valence-electron chi connectivity index (χ3n) is 2.17. The summed E-state index contributed by atoms with van der Waals surface area (Å²) in [6.07, 6.45) is 0. The topological polar surface area (TPSA) is 40.9 Å². The Morgan fingerprint density at radius 1 is 1.06 bits per heavy atom. The van der Waals surface area contributed by atoms with Crippen LogP contribution in [0.2, 0.25) is 0 Å². The molecule has 0 fully saturated rings. The molecule has 0 aliphatic rings. The van der Waals surface area contributed by atoms with Gasteiger partial charge in [-0.1, -0.05) is 29.8 Å². The van der Waals surface area contributed by atoms with Crippen molar-refractivity contribution in [1.29, 1.82) is 0 Å². The van der Waals surface area contributed by atoms with Gasteiger partial charge in [0.2, 0.25) is 0 Å². The van der Waals surface area contributed by atoms with Crippen LogP contribution in [0.15, 0.2) is 48.5 Å². The van der Waals surface area contributed by atoms with Gasteiger partial charge in [0, 0.05) is 0 Å². The van der Waals surface area contributed by atoms with Crippen LogP contribution < -0.4 is 0 Å². The van der Waals surface area contributed by atoms with Gasteiger partial charge in [-0.05, 0) is 5.56 Å². The number of carbonyl (C=O) groups excluding carboxylic acids is 1. The summed E-state index contributed by atoms with van der Waals surface area (Å²) >= 11 is 0. The van der Waals surface area contributed by atoms with E-state index in [2.05, 4.69) is 6.07 Å². The molecule has 0 unspecified atom stereocenters. The maximum absolute atomic E-state index is 11.1. The summed E-state index contributed by atoms with van der Waals surface area (Å²) in [7, 11) is 0. The van der Waals surface area contributed by atoms with Crippen LogP contribution in [0.25, 0.3) is 16.9 Å². The minimum atomic E-state index is -0.664. The van der Waals surface area contributed by atoms with Gasteiger partial charge in [-0.25, -0.2) is 0 Å². The average molecular weight is 259 g/mol. The zero-order chi connectivity index (χ0) is 10.7. The summed E-state index contributed by atoms with van der Waals surface area (Å²) in [5.41, 5.74) is 9.18. The predicted molar refractivity (Wildman–Crippen MR) is 59.4 cm³/mol. The van der Waals surface area contributed by atoms with Crippen molar-refractivity contribution in [2.75, 3.05) is 0 Å². The van der Waals surface area contributed by atoms with Crippen molar-refractivity contribution in [3.8, 4) is 11.1 Å². The molecule has 1 N–H and O–H groups in total. The normalized spacial score (nSPS) is 9.25. The van der Waals surface area contributed by atoms with E-state index in [0.29, 0.717) is 5.56 Å². The van der Waals surface area contributed by atoms with Crippen LogP contribution in [0.4, 0.5) is 0 Å². The Bertz CT molecular complexity index is 482. The first-order chi connectivity index (χ1) is 7.29. The van der Waals surface area contributed by atoms with Crippen molar-refractivity contribution < 1.29 is 21.9 Å². The SMILES string of the molecule is [Cu+2].[NH-]C(=O)c1ccccc1-c1[c-]cccc1. The molecule has 16 heavy (non-hydrogen) atoms. The van der Waals surface area contributed by atoms with Gasteiger partial charge in [-0.2, -0.15) is 0 Å². The number of carbonyl (C=O) groups is 1. The van der Waals surface area contributed by atoms with Gasteiger partial charge in [-0.15, -0.1) is 35.9 Å². The Morgan fingerprint density at radius 2 is 1.75 bits per heavy atom. The Kier molecular flexibility index (Phi) is 4.29. The van der Waals surface area contributed by atoms with Crippen molar-refractivity contribution in [3.05, 3.63) is 65.9 Å². The van der Waals surface area contributed by atoms with Crippen LogP contribution in [0.5, 0.6) is 0 Å². The fraction of sp³-hybridized carbons (Fsp3) is 0. The van der Waals surface area contributed by atoms with Crippen LogP contribution in [-0.4, -0.2) is 5.91 Å². The van der Waals surface area contributed by atoms with Crippen LogP contribution in [0.1, 0.15) is 10.4 Å². The van der Waals surface area contributed by atoms with Gasteiger partial charge < -0.3 is 10.5 Å². The molecule has 0 saturated carbocycles. The zero-order valence-electron chi connectivity index (χ0n) is 8.33. The van der Waals surface area contributed by atoms with E-state index in [-0.39, 0.29) is 17.1 Å². The first kappa shape index (κ1) is 12.5. The van der Waals surface area contributed by atoms with Gasteiger partial charge in [-0.3, -0.25) is 0 Å². The Labute approximate surface area is 105 Å². The summed E-state index contributed by atoms with van der Waals surface area (Å²) in [4.78, 5) is 11.1. The van der Waals surface area contributed by atoms with E-state index >= 15 is 0 Å². The maximum atomic E-state index is 11.1. The fourth-order valence-electron chi connectivity index (χ4n) is 1.48. The Hall–Kier alpha value is -1.57. The van der Waals surface area contributed by atoms with Crippen molar-refractivity contribution in [1.82, 2.24) is 0 Å². The molecule has 3 heteroatoms.